The topological polar surface area (TPSA) is 69.6 Å². The average Bonchev–Trinajstić information content (AvgIpc) is 2.63. The van der Waals surface area contributed by atoms with Crippen molar-refractivity contribution >= 4 is 22.4 Å². The molecule has 0 aromatic heterocycles. The Bertz CT molecular complexity index is 782. The van der Waals surface area contributed by atoms with Gasteiger partial charge in [0.25, 0.3) is 0 Å². The van der Waals surface area contributed by atoms with Crippen molar-refractivity contribution in [2.75, 3.05) is 11.9 Å². The van der Waals surface area contributed by atoms with E-state index >= 15 is 0 Å². The van der Waals surface area contributed by atoms with Gasteiger partial charge in [-0.25, -0.2) is 4.79 Å². The summed E-state index contributed by atoms with van der Waals surface area (Å²) in [5.74, 6) is -1.23. The monoisotopic (exact) mass is 323 g/mol. The van der Waals surface area contributed by atoms with Crippen molar-refractivity contribution in [3.8, 4) is 0 Å². The molecule has 3 aromatic rings. The number of carboxylic acid groups (broad SMARTS) is 1. The van der Waals surface area contributed by atoms with Crippen molar-refractivity contribution in [1.82, 2.24) is 0 Å². The van der Waals surface area contributed by atoms with Gasteiger partial charge >= 0.3 is 5.97 Å². The van der Waals surface area contributed by atoms with Gasteiger partial charge in [-0.05, 0) is 23.9 Å². The van der Waals surface area contributed by atoms with Crippen molar-refractivity contribution in [3.63, 3.8) is 0 Å². The molecule has 4 nitrogen and oxygen atoms in total. The number of aliphatic hydroxyl groups is 1. The molecule has 0 radical (unpaired) electrons. The first kappa shape index (κ1) is 17.5. The maximum Gasteiger partial charge on any atom is 0.337 e. The molecule has 0 aliphatic heterocycles. The number of fused-ring (bicyclic) bond motifs is 1. The van der Waals surface area contributed by atoms with Crippen LogP contribution in [0.3, 0.4) is 0 Å². The minimum atomic E-state index is -1.41. The summed E-state index contributed by atoms with van der Waals surface area (Å²) in [7, 11) is 0. The Kier molecular flexibility index (Phi) is 6.34. The second-order valence-electron chi connectivity index (χ2n) is 5.21. The third-order valence-electron chi connectivity index (χ3n) is 3.51. The van der Waals surface area contributed by atoms with E-state index in [4.69, 9.17) is 10.2 Å². The molecule has 124 valence electrons. The van der Waals surface area contributed by atoms with Crippen molar-refractivity contribution < 1.29 is 15.0 Å². The molecule has 0 fully saturated rings. The van der Waals surface area contributed by atoms with Crippen molar-refractivity contribution in [2.45, 2.75) is 13.0 Å². The van der Waals surface area contributed by atoms with Gasteiger partial charge in [-0.15, -0.1) is 0 Å². The zero-order valence-electron chi connectivity index (χ0n) is 13.5. The number of rotatable bonds is 4. The van der Waals surface area contributed by atoms with Crippen molar-refractivity contribution in [3.05, 3.63) is 78.4 Å². The van der Waals surface area contributed by atoms with E-state index in [0.29, 0.717) is 5.56 Å². The minimum Gasteiger partial charge on any atom is -0.479 e. The molecule has 0 saturated carbocycles. The van der Waals surface area contributed by atoms with Crippen LogP contribution in [0.4, 0.5) is 5.69 Å². The summed E-state index contributed by atoms with van der Waals surface area (Å²) in [5, 5.41) is 23.3. The highest BCUT2D eigenvalue weighted by molar-refractivity contribution is 5.93. The maximum absolute atomic E-state index is 10.2. The second kappa shape index (κ2) is 8.70. The Balaban J connectivity index is 0.000000177. The van der Waals surface area contributed by atoms with Crippen molar-refractivity contribution in [1.29, 1.82) is 0 Å². The summed E-state index contributed by atoms with van der Waals surface area (Å²) < 4.78 is 0. The fourth-order valence-corrected chi connectivity index (χ4v) is 2.35. The molecule has 0 saturated heterocycles. The summed E-state index contributed by atoms with van der Waals surface area (Å²) in [6.45, 7) is 3.08. The molecule has 1 atom stereocenters. The number of benzene rings is 3. The first-order chi connectivity index (χ1) is 11.6. The van der Waals surface area contributed by atoms with E-state index in [-0.39, 0.29) is 0 Å². The number of aliphatic carboxylic acids is 1. The lowest BCUT2D eigenvalue weighted by atomic mass is 10.1. The van der Waals surface area contributed by atoms with Gasteiger partial charge in [-0.1, -0.05) is 66.7 Å². The SMILES string of the molecule is CCNc1cccc2ccccc12.O=C(O)[C@@H](O)c1ccccc1. The predicted molar refractivity (Wildman–Crippen MR) is 97.1 cm³/mol. The number of hydrogen-bond acceptors (Lipinski definition) is 3. The van der Waals surface area contributed by atoms with Gasteiger partial charge in [-0.2, -0.15) is 0 Å². The smallest absolute Gasteiger partial charge is 0.337 e. The third kappa shape index (κ3) is 4.57. The van der Waals surface area contributed by atoms with Crippen LogP contribution >= 0.6 is 0 Å². The Hall–Kier alpha value is -2.85. The molecule has 0 aliphatic carbocycles. The summed E-state index contributed by atoms with van der Waals surface area (Å²) in [6.07, 6.45) is -1.41. The van der Waals surface area contributed by atoms with Gasteiger partial charge < -0.3 is 15.5 Å². The van der Waals surface area contributed by atoms with Gasteiger partial charge in [0, 0.05) is 17.6 Å². The first-order valence-electron chi connectivity index (χ1n) is 7.81. The van der Waals surface area contributed by atoms with E-state index in [0.717, 1.165) is 6.54 Å². The summed E-state index contributed by atoms with van der Waals surface area (Å²) in [5.41, 5.74) is 1.63. The number of nitrogens with one attached hydrogen (secondary N) is 1. The molecule has 0 unspecified atom stereocenters. The van der Waals surface area contributed by atoms with E-state index in [1.54, 1.807) is 30.3 Å². The summed E-state index contributed by atoms with van der Waals surface area (Å²) >= 11 is 0. The van der Waals surface area contributed by atoms with Gasteiger partial charge in [-0.3, -0.25) is 0 Å². The van der Waals surface area contributed by atoms with Gasteiger partial charge in [0.15, 0.2) is 6.10 Å². The molecule has 0 heterocycles. The van der Waals surface area contributed by atoms with Crippen molar-refractivity contribution in [2.24, 2.45) is 0 Å². The highest BCUT2D eigenvalue weighted by Gasteiger charge is 2.14. The fraction of sp³-hybridized carbons (Fsp3) is 0.150. The molecule has 0 spiro atoms. The van der Waals surface area contributed by atoms with E-state index in [2.05, 4.69) is 54.7 Å². The molecule has 0 amide bonds. The zero-order chi connectivity index (χ0) is 17.4. The summed E-state index contributed by atoms with van der Waals surface area (Å²) in [6, 6.07) is 23.0. The highest BCUT2D eigenvalue weighted by Crippen LogP contribution is 2.22. The lowest BCUT2D eigenvalue weighted by Gasteiger charge is -2.06. The van der Waals surface area contributed by atoms with Crippen LogP contribution in [-0.4, -0.2) is 22.7 Å². The van der Waals surface area contributed by atoms with E-state index in [1.165, 1.54) is 16.5 Å². The van der Waals surface area contributed by atoms with E-state index < -0.39 is 12.1 Å². The molecule has 3 aromatic carbocycles. The summed E-state index contributed by atoms with van der Waals surface area (Å²) in [4.78, 5) is 10.2. The van der Waals surface area contributed by atoms with Crippen LogP contribution in [0.2, 0.25) is 0 Å². The molecule has 3 N–H and O–H groups in total. The Morgan fingerprint density at radius 3 is 2.25 bits per heavy atom. The Morgan fingerprint density at radius 2 is 1.58 bits per heavy atom. The number of anilines is 1. The van der Waals surface area contributed by atoms with Crippen LogP contribution in [0.5, 0.6) is 0 Å². The van der Waals surface area contributed by atoms with Crippen LogP contribution < -0.4 is 5.32 Å². The molecule has 3 rings (SSSR count). The Labute approximate surface area is 141 Å². The zero-order valence-corrected chi connectivity index (χ0v) is 13.5. The Morgan fingerprint density at radius 1 is 0.958 bits per heavy atom. The van der Waals surface area contributed by atoms with Gasteiger partial charge in [0.2, 0.25) is 0 Å². The number of carboxylic acids is 1. The molecule has 0 bridgehead atoms. The van der Waals surface area contributed by atoms with Crippen LogP contribution in [0.1, 0.15) is 18.6 Å². The quantitative estimate of drug-likeness (QED) is 0.677. The largest absolute Gasteiger partial charge is 0.479 e. The van der Waals surface area contributed by atoms with E-state index in [9.17, 15) is 4.79 Å². The van der Waals surface area contributed by atoms with E-state index in [1.807, 2.05) is 0 Å². The van der Waals surface area contributed by atoms with Crippen LogP contribution in [0, 0.1) is 0 Å². The van der Waals surface area contributed by atoms with Gasteiger partial charge in [0.05, 0.1) is 0 Å². The van der Waals surface area contributed by atoms with Crippen LogP contribution in [0.15, 0.2) is 72.8 Å². The normalized spacial score (nSPS) is 11.2. The highest BCUT2D eigenvalue weighted by atomic mass is 16.4. The molecule has 24 heavy (non-hydrogen) atoms. The van der Waals surface area contributed by atoms with Gasteiger partial charge in [0.1, 0.15) is 0 Å². The predicted octanol–water partition coefficient (Wildman–Crippen LogP) is 4.08. The molecule has 0 aliphatic rings. The van der Waals surface area contributed by atoms with Crippen LogP contribution in [0.25, 0.3) is 10.8 Å². The maximum atomic E-state index is 10.2. The molecular weight excluding hydrogens is 302 g/mol. The number of carbonyl (C=O) groups is 1. The standard InChI is InChI=1S/C12H13N.C8H8O3/c1-2-13-12-9-5-7-10-6-3-4-8-11(10)12;9-7(8(10)11)6-4-2-1-3-5-6/h3-9,13H,2H2,1H3;1-5,7,9H,(H,10,11)/t;7-/m.0/s1. The fourth-order valence-electron chi connectivity index (χ4n) is 2.35. The number of aliphatic hydroxyl groups excluding tert-OH is 1. The minimum absolute atomic E-state index is 0.403. The second-order valence-corrected chi connectivity index (χ2v) is 5.21. The lowest BCUT2D eigenvalue weighted by Crippen LogP contribution is -2.09. The van der Waals surface area contributed by atoms with Crippen LogP contribution in [-0.2, 0) is 4.79 Å². The number of hydrogen-bond donors (Lipinski definition) is 3. The molecular formula is C20H21NO3. The first-order valence-corrected chi connectivity index (χ1v) is 7.81. The third-order valence-corrected chi connectivity index (χ3v) is 3.51. The lowest BCUT2D eigenvalue weighted by molar-refractivity contribution is -0.146. The molecule has 4 heteroatoms. The average molecular weight is 323 g/mol.